The van der Waals surface area contributed by atoms with Crippen molar-refractivity contribution in [3.8, 4) is 0 Å². The molecule has 0 atom stereocenters. The minimum atomic E-state index is 0.151. The highest BCUT2D eigenvalue weighted by atomic mass is 15.2. The van der Waals surface area contributed by atoms with Crippen molar-refractivity contribution in [1.82, 2.24) is 4.90 Å². The minimum Gasteiger partial charge on any atom is -0.366 e. The van der Waals surface area contributed by atoms with Crippen molar-refractivity contribution < 1.29 is 0 Å². The standard InChI is InChI=1S/C17H31N/c1-9-14-11-17(7,8)18(10-2)16(13(5)6)15(14)12(3)4/h11-13H,9-10H2,1-8H3. The Morgan fingerprint density at radius 2 is 1.61 bits per heavy atom. The monoisotopic (exact) mass is 249 g/mol. The summed E-state index contributed by atoms with van der Waals surface area (Å²) in [6.45, 7) is 19.6. The van der Waals surface area contributed by atoms with Gasteiger partial charge in [0.2, 0.25) is 0 Å². The molecule has 104 valence electrons. The van der Waals surface area contributed by atoms with Crippen molar-refractivity contribution >= 4 is 0 Å². The zero-order chi connectivity index (χ0) is 14.1. The molecule has 0 saturated carbocycles. The number of likely N-dealkylation sites (N-methyl/N-ethyl adjacent to an activating group) is 1. The molecule has 1 heteroatoms. The predicted octanol–water partition coefficient (Wildman–Crippen LogP) is 5.00. The molecule has 0 aromatic carbocycles. The van der Waals surface area contributed by atoms with E-state index in [9.17, 15) is 0 Å². The third-order valence-electron chi connectivity index (χ3n) is 3.96. The Kier molecular flexibility index (Phi) is 4.69. The number of hydrogen-bond donors (Lipinski definition) is 0. The van der Waals surface area contributed by atoms with Crippen LogP contribution in [0.1, 0.15) is 61.8 Å². The van der Waals surface area contributed by atoms with E-state index >= 15 is 0 Å². The molecular weight excluding hydrogens is 218 g/mol. The highest BCUT2D eigenvalue weighted by Gasteiger charge is 2.34. The van der Waals surface area contributed by atoms with Crippen LogP contribution in [0.4, 0.5) is 0 Å². The first-order valence-electron chi connectivity index (χ1n) is 7.50. The van der Waals surface area contributed by atoms with Gasteiger partial charge in [-0.05, 0) is 50.2 Å². The molecule has 0 radical (unpaired) electrons. The summed E-state index contributed by atoms with van der Waals surface area (Å²) in [7, 11) is 0. The lowest BCUT2D eigenvalue weighted by Gasteiger charge is -2.47. The predicted molar refractivity (Wildman–Crippen MR) is 81.5 cm³/mol. The summed E-state index contributed by atoms with van der Waals surface area (Å²) >= 11 is 0. The van der Waals surface area contributed by atoms with Crippen LogP contribution in [0.15, 0.2) is 22.9 Å². The Bertz CT molecular complexity index is 356. The molecule has 0 aromatic rings. The van der Waals surface area contributed by atoms with Gasteiger partial charge in [0.25, 0.3) is 0 Å². The van der Waals surface area contributed by atoms with Crippen LogP contribution in [0.3, 0.4) is 0 Å². The molecule has 1 rings (SSSR count). The normalized spacial score (nSPS) is 19.9. The van der Waals surface area contributed by atoms with Gasteiger partial charge in [0.15, 0.2) is 0 Å². The van der Waals surface area contributed by atoms with Gasteiger partial charge in [-0.15, -0.1) is 0 Å². The van der Waals surface area contributed by atoms with Crippen LogP contribution in [-0.2, 0) is 0 Å². The first-order chi connectivity index (χ1) is 8.26. The zero-order valence-electron chi connectivity index (χ0n) is 13.6. The van der Waals surface area contributed by atoms with E-state index in [1.54, 1.807) is 16.8 Å². The summed E-state index contributed by atoms with van der Waals surface area (Å²) in [5.41, 5.74) is 4.87. The topological polar surface area (TPSA) is 3.24 Å². The average Bonchev–Trinajstić information content (AvgIpc) is 2.25. The Balaban J connectivity index is 3.46. The Labute approximate surface area is 114 Å². The number of hydrogen-bond acceptors (Lipinski definition) is 1. The van der Waals surface area contributed by atoms with Crippen molar-refractivity contribution in [2.45, 2.75) is 67.3 Å². The van der Waals surface area contributed by atoms with Gasteiger partial charge in [-0.1, -0.05) is 40.7 Å². The molecule has 0 aliphatic carbocycles. The highest BCUT2D eigenvalue weighted by Crippen LogP contribution is 2.40. The van der Waals surface area contributed by atoms with Crippen LogP contribution in [0.5, 0.6) is 0 Å². The first kappa shape index (κ1) is 15.3. The molecule has 1 aliphatic rings. The quantitative estimate of drug-likeness (QED) is 0.677. The summed E-state index contributed by atoms with van der Waals surface area (Å²) < 4.78 is 0. The van der Waals surface area contributed by atoms with Crippen molar-refractivity contribution in [1.29, 1.82) is 0 Å². The van der Waals surface area contributed by atoms with Crippen LogP contribution in [-0.4, -0.2) is 17.0 Å². The molecule has 1 heterocycles. The molecular formula is C17H31N. The van der Waals surface area contributed by atoms with E-state index in [0.717, 1.165) is 13.0 Å². The Morgan fingerprint density at radius 1 is 1.06 bits per heavy atom. The molecule has 18 heavy (non-hydrogen) atoms. The highest BCUT2D eigenvalue weighted by molar-refractivity contribution is 5.43. The van der Waals surface area contributed by atoms with Crippen molar-refractivity contribution in [2.75, 3.05) is 6.54 Å². The molecule has 0 spiro atoms. The summed E-state index contributed by atoms with van der Waals surface area (Å²) in [6.07, 6.45) is 3.63. The van der Waals surface area contributed by atoms with E-state index in [1.165, 1.54) is 0 Å². The zero-order valence-corrected chi connectivity index (χ0v) is 13.6. The van der Waals surface area contributed by atoms with Gasteiger partial charge in [0.05, 0.1) is 5.54 Å². The van der Waals surface area contributed by atoms with Crippen LogP contribution < -0.4 is 0 Å². The molecule has 0 unspecified atom stereocenters. The molecule has 1 nitrogen and oxygen atoms in total. The maximum Gasteiger partial charge on any atom is 0.0531 e. The maximum atomic E-state index is 2.59. The van der Waals surface area contributed by atoms with Gasteiger partial charge in [-0.2, -0.15) is 0 Å². The van der Waals surface area contributed by atoms with E-state index in [1.807, 2.05) is 0 Å². The van der Waals surface area contributed by atoms with Crippen LogP contribution in [0.25, 0.3) is 0 Å². The molecule has 0 bridgehead atoms. The third kappa shape index (κ3) is 2.65. The number of nitrogens with zero attached hydrogens (tertiary/aromatic N) is 1. The van der Waals surface area contributed by atoms with E-state index in [4.69, 9.17) is 0 Å². The lowest BCUT2D eigenvalue weighted by Crippen LogP contribution is -2.46. The second-order valence-electron chi connectivity index (χ2n) is 6.53. The van der Waals surface area contributed by atoms with Gasteiger partial charge >= 0.3 is 0 Å². The van der Waals surface area contributed by atoms with E-state index in [0.29, 0.717) is 11.8 Å². The fourth-order valence-electron chi connectivity index (χ4n) is 3.36. The first-order valence-corrected chi connectivity index (χ1v) is 7.50. The number of rotatable bonds is 4. The van der Waals surface area contributed by atoms with Crippen LogP contribution in [0.2, 0.25) is 0 Å². The van der Waals surface area contributed by atoms with Crippen LogP contribution >= 0.6 is 0 Å². The van der Waals surface area contributed by atoms with Gasteiger partial charge in [0, 0.05) is 12.2 Å². The largest absolute Gasteiger partial charge is 0.366 e. The van der Waals surface area contributed by atoms with Gasteiger partial charge in [-0.3, -0.25) is 0 Å². The lowest BCUT2D eigenvalue weighted by atomic mass is 9.80. The lowest BCUT2D eigenvalue weighted by molar-refractivity contribution is 0.193. The molecule has 0 amide bonds. The molecule has 0 saturated heterocycles. The van der Waals surface area contributed by atoms with Crippen molar-refractivity contribution in [2.24, 2.45) is 11.8 Å². The number of allylic oxidation sites excluding steroid dienone is 3. The Morgan fingerprint density at radius 3 is 1.94 bits per heavy atom. The second-order valence-corrected chi connectivity index (χ2v) is 6.53. The van der Waals surface area contributed by atoms with Gasteiger partial charge < -0.3 is 4.90 Å². The molecule has 0 aromatic heterocycles. The van der Waals surface area contributed by atoms with E-state index in [-0.39, 0.29) is 5.54 Å². The summed E-state index contributed by atoms with van der Waals surface area (Å²) in [6, 6.07) is 0. The molecule has 1 aliphatic heterocycles. The SMILES string of the molecule is CCC1=CC(C)(C)N(CC)C(C(C)C)=C1C(C)C. The molecule has 0 N–H and O–H groups in total. The van der Waals surface area contributed by atoms with Crippen molar-refractivity contribution in [3.63, 3.8) is 0 Å². The summed E-state index contributed by atoms with van der Waals surface area (Å²) in [5, 5.41) is 0. The van der Waals surface area contributed by atoms with E-state index in [2.05, 4.69) is 66.4 Å². The average molecular weight is 249 g/mol. The molecule has 0 fully saturated rings. The van der Waals surface area contributed by atoms with Crippen LogP contribution in [0, 0.1) is 11.8 Å². The third-order valence-corrected chi connectivity index (χ3v) is 3.96. The fourth-order valence-corrected chi connectivity index (χ4v) is 3.36. The fraction of sp³-hybridized carbons (Fsp3) is 0.765. The maximum absolute atomic E-state index is 2.59. The Hall–Kier alpha value is -0.720. The van der Waals surface area contributed by atoms with E-state index < -0.39 is 0 Å². The smallest absolute Gasteiger partial charge is 0.0531 e. The second kappa shape index (κ2) is 5.50. The minimum absolute atomic E-state index is 0.151. The van der Waals surface area contributed by atoms with Gasteiger partial charge in [-0.25, -0.2) is 0 Å². The van der Waals surface area contributed by atoms with Crippen molar-refractivity contribution in [3.05, 3.63) is 22.9 Å². The summed E-state index contributed by atoms with van der Waals surface area (Å²) in [4.78, 5) is 2.59. The van der Waals surface area contributed by atoms with Gasteiger partial charge in [0.1, 0.15) is 0 Å². The summed E-state index contributed by atoms with van der Waals surface area (Å²) in [5.74, 6) is 1.20.